The van der Waals surface area contributed by atoms with Crippen LogP contribution in [0.5, 0.6) is 0 Å². The number of carbonyl (C=O) groups excluding carboxylic acids is 1. The first-order chi connectivity index (χ1) is 6.33. The molecule has 2 aromatic heterocycles. The second-order valence-corrected chi connectivity index (χ2v) is 3.13. The smallest absolute Gasteiger partial charge is 0.0636 e. The van der Waals surface area contributed by atoms with Gasteiger partial charge in [0.15, 0.2) is 0 Å². The van der Waals surface area contributed by atoms with E-state index in [1.54, 1.807) is 10.7 Å². The first-order valence-electron chi connectivity index (χ1n) is 3.77. The SMILES string of the molecule is O=C(CBr)c1[c-]nn2ccccc12.[Y]. The van der Waals surface area contributed by atoms with Gasteiger partial charge >= 0.3 is 0 Å². The zero-order valence-corrected chi connectivity index (χ0v) is 11.7. The Kier molecular flexibility index (Phi) is 4.42. The number of alkyl halides is 1. The van der Waals surface area contributed by atoms with Crippen LogP contribution in [0.4, 0.5) is 0 Å². The average Bonchev–Trinajstić information content (AvgIpc) is 2.60. The predicted octanol–water partition coefficient (Wildman–Crippen LogP) is 1.71. The van der Waals surface area contributed by atoms with Gasteiger partial charge in [0.05, 0.1) is 5.78 Å². The van der Waals surface area contributed by atoms with Gasteiger partial charge in [-0.1, -0.05) is 28.1 Å². The summed E-state index contributed by atoms with van der Waals surface area (Å²) in [6.45, 7) is 0. The summed E-state index contributed by atoms with van der Waals surface area (Å²) in [6, 6.07) is 5.57. The van der Waals surface area contributed by atoms with Crippen LogP contribution in [0.1, 0.15) is 10.4 Å². The Hall–Kier alpha value is -0.0561. The normalized spacial score (nSPS) is 9.79. The number of Topliss-reactive ketones (excluding diaryl/α,β-unsaturated/α-hetero) is 1. The quantitative estimate of drug-likeness (QED) is 0.478. The monoisotopic (exact) mass is 326 g/mol. The van der Waals surface area contributed by atoms with E-state index >= 15 is 0 Å². The third kappa shape index (κ3) is 2.13. The van der Waals surface area contributed by atoms with Crippen molar-refractivity contribution in [1.29, 1.82) is 0 Å². The molecule has 14 heavy (non-hydrogen) atoms. The summed E-state index contributed by atoms with van der Waals surface area (Å²) in [7, 11) is 0. The van der Waals surface area contributed by atoms with Crippen molar-refractivity contribution in [2.75, 3.05) is 5.33 Å². The summed E-state index contributed by atoms with van der Waals surface area (Å²) in [5.41, 5.74) is 1.34. The van der Waals surface area contributed by atoms with Crippen LogP contribution >= 0.6 is 15.9 Å². The van der Waals surface area contributed by atoms with E-state index in [0.29, 0.717) is 10.9 Å². The van der Waals surface area contributed by atoms with Crippen molar-refractivity contribution in [2.45, 2.75) is 0 Å². The second kappa shape index (κ2) is 5.15. The van der Waals surface area contributed by atoms with Crippen LogP contribution < -0.4 is 0 Å². The molecule has 0 amide bonds. The molecular weight excluding hydrogens is 321 g/mol. The van der Waals surface area contributed by atoms with E-state index in [9.17, 15) is 4.79 Å². The molecule has 0 aliphatic heterocycles. The van der Waals surface area contributed by atoms with E-state index < -0.39 is 0 Å². The molecule has 0 saturated heterocycles. The van der Waals surface area contributed by atoms with Gasteiger partial charge in [-0.25, -0.2) is 0 Å². The van der Waals surface area contributed by atoms with Crippen LogP contribution in [0.2, 0.25) is 0 Å². The number of pyridine rings is 1. The molecule has 0 N–H and O–H groups in total. The summed E-state index contributed by atoms with van der Waals surface area (Å²) < 4.78 is 1.63. The number of nitrogens with zero attached hydrogens (tertiary/aromatic N) is 2. The van der Waals surface area contributed by atoms with E-state index in [4.69, 9.17) is 0 Å². The first kappa shape index (κ1) is 12.0. The van der Waals surface area contributed by atoms with Crippen LogP contribution in [0, 0.1) is 6.20 Å². The fourth-order valence-corrected chi connectivity index (χ4v) is 1.43. The van der Waals surface area contributed by atoms with Gasteiger partial charge < -0.3 is 9.31 Å². The number of halogens is 1. The predicted molar refractivity (Wildman–Crippen MR) is 52.2 cm³/mol. The van der Waals surface area contributed by atoms with E-state index in [-0.39, 0.29) is 38.5 Å². The molecule has 3 nitrogen and oxygen atoms in total. The maximum atomic E-state index is 11.4. The molecule has 0 saturated carbocycles. The Bertz CT molecular complexity index is 455. The molecular formula is C9H6BrN2OY-. The van der Waals surface area contributed by atoms with Gasteiger partial charge in [-0.2, -0.15) is 0 Å². The van der Waals surface area contributed by atoms with Crippen molar-refractivity contribution in [3.8, 4) is 0 Å². The molecule has 1 radical (unpaired) electrons. The van der Waals surface area contributed by atoms with Gasteiger partial charge in [-0.3, -0.25) is 5.10 Å². The van der Waals surface area contributed by atoms with Crippen LogP contribution in [-0.4, -0.2) is 20.7 Å². The number of aromatic nitrogens is 2. The van der Waals surface area contributed by atoms with Crippen LogP contribution in [-0.2, 0) is 32.7 Å². The first-order valence-corrected chi connectivity index (χ1v) is 4.89. The summed E-state index contributed by atoms with van der Waals surface area (Å²) in [6.07, 6.45) is 4.49. The maximum absolute atomic E-state index is 11.4. The number of hydrogen-bond donors (Lipinski definition) is 0. The molecule has 2 aromatic rings. The van der Waals surface area contributed by atoms with Crippen molar-refractivity contribution in [3.63, 3.8) is 0 Å². The molecule has 2 rings (SSSR count). The molecule has 0 spiro atoms. The summed E-state index contributed by atoms with van der Waals surface area (Å²) >= 11 is 3.12. The number of ketones is 1. The molecule has 5 heteroatoms. The van der Waals surface area contributed by atoms with Gasteiger partial charge in [0, 0.05) is 44.2 Å². The van der Waals surface area contributed by atoms with Crippen molar-refractivity contribution in [1.82, 2.24) is 9.61 Å². The Morgan fingerprint density at radius 2 is 2.36 bits per heavy atom. The molecule has 2 heterocycles. The van der Waals surface area contributed by atoms with Gasteiger partial charge in [-0.15, -0.1) is 5.56 Å². The molecule has 0 aromatic carbocycles. The van der Waals surface area contributed by atoms with Gasteiger partial charge in [0.1, 0.15) is 0 Å². The number of rotatable bonds is 2. The summed E-state index contributed by atoms with van der Waals surface area (Å²) in [4.78, 5) is 11.4. The molecule has 0 atom stereocenters. The fourth-order valence-electron chi connectivity index (χ4n) is 1.15. The molecule has 0 aliphatic carbocycles. The van der Waals surface area contributed by atoms with Crippen molar-refractivity contribution >= 4 is 27.2 Å². The Labute approximate surface area is 115 Å². The van der Waals surface area contributed by atoms with Crippen LogP contribution in [0.15, 0.2) is 24.4 Å². The Morgan fingerprint density at radius 1 is 1.57 bits per heavy atom. The summed E-state index contributed by atoms with van der Waals surface area (Å²) in [5, 5.41) is 4.24. The third-order valence-corrected chi connectivity index (χ3v) is 2.27. The average molecular weight is 327 g/mol. The van der Waals surface area contributed by atoms with Crippen LogP contribution in [0.3, 0.4) is 0 Å². The zero-order valence-electron chi connectivity index (χ0n) is 7.27. The molecule has 0 unspecified atom stereocenters. The van der Waals surface area contributed by atoms with Gasteiger partial charge in [-0.05, 0) is 17.8 Å². The number of hydrogen-bond acceptors (Lipinski definition) is 2. The molecule has 0 aliphatic rings. The third-order valence-electron chi connectivity index (χ3n) is 1.77. The number of fused-ring (bicyclic) bond motifs is 1. The van der Waals surface area contributed by atoms with Crippen molar-refractivity contribution in [2.24, 2.45) is 0 Å². The van der Waals surface area contributed by atoms with E-state index in [0.717, 1.165) is 5.52 Å². The van der Waals surface area contributed by atoms with E-state index in [2.05, 4.69) is 27.2 Å². The minimum absolute atomic E-state index is 0. The van der Waals surface area contributed by atoms with Crippen molar-refractivity contribution < 1.29 is 37.5 Å². The molecule has 0 bridgehead atoms. The van der Waals surface area contributed by atoms with Gasteiger partial charge in [0.25, 0.3) is 0 Å². The molecule has 69 valence electrons. The van der Waals surface area contributed by atoms with E-state index in [1.807, 2.05) is 18.2 Å². The van der Waals surface area contributed by atoms with Crippen LogP contribution in [0.25, 0.3) is 5.52 Å². The number of carbonyl (C=O) groups is 1. The van der Waals surface area contributed by atoms with Crippen molar-refractivity contribution in [3.05, 3.63) is 36.2 Å². The second-order valence-electron chi connectivity index (χ2n) is 2.57. The fraction of sp³-hybridized carbons (Fsp3) is 0.111. The van der Waals surface area contributed by atoms with E-state index in [1.165, 1.54) is 0 Å². The van der Waals surface area contributed by atoms with Gasteiger partial charge in [0.2, 0.25) is 0 Å². The molecule has 0 fully saturated rings. The maximum Gasteiger partial charge on any atom is 0.0636 e. The zero-order chi connectivity index (χ0) is 9.26. The summed E-state index contributed by atoms with van der Waals surface area (Å²) in [5.74, 6) is 0.00111. The minimum atomic E-state index is 0. The Morgan fingerprint density at radius 3 is 3.07 bits per heavy atom. The minimum Gasteiger partial charge on any atom is -0.370 e. The Balaban J connectivity index is 0.000000980. The standard InChI is InChI=1S/C9H6BrN2O.Y/c10-5-9(13)7-6-11-12-4-2-1-3-8(7)12;/h1-4H,5H2;/q-1;. The largest absolute Gasteiger partial charge is 0.370 e. The topological polar surface area (TPSA) is 34.4 Å².